The van der Waals surface area contributed by atoms with Gasteiger partial charge in [-0.2, -0.15) is 13.2 Å². The standard InChI is InChI=1S/C20H20F3NOS/c1-2-17(14-7-4-3-5-8-14)18(25)24-11-12-26-19(24)15-9-6-10-16(13-15)20(21,22)23/h3-10,13,17,19H,2,11-12H2,1H3. The molecule has 2 aromatic carbocycles. The van der Waals surface area contributed by atoms with Gasteiger partial charge in [0.1, 0.15) is 5.37 Å². The van der Waals surface area contributed by atoms with Crippen molar-refractivity contribution >= 4 is 17.7 Å². The van der Waals surface area contributed by atoms with Crippen LogP contribution in [0.4, 0.5) is 13.2 Å². The second-order valence-electron chi connectivity index (χ2n) is 6.25. The van der Waals surface area contributed by atoms with Crippen LogP contribution < -0.4 is 0 Å². The Bertz CT molecular complexity index is 763. The maximum Gasteiger partial charge on any atom is 0.416 e. The fourth-order valence-electron chi connectivity index (χ4n) is 3.28. The molecule has 6 heteroatoms. The lowest BCUT2D eigenvalue weighted by Crippen LogP contribution is -2.34. The predicted molar refractivity (Wildman–Crippen MR) is 97.8 cm³/mol. The van der Waals surface area contributed by atoms with Gasteiger partial charge in [-0.1, -0.05) is 49.4 Å². The van der Waals surface area contributed by atoms with Crippen LogP contribution in [-0.4, -0.2) is 23.1 Å². The number of halogens is 3. The molecule has 0 aromatic heterocycles. The summed E-state index contributed by atoms with van der Waals surface area (Å²) in [5.74, 6) is 0.423. The molecular formula is C20H20F3NOS. The Kier molecular flexibility index (Phi) is 5.61. The monoisotopic (exact) mass is 379 g/mol. The van der Waals surface area contributed by atoms with E-state index in [1.165, 1.54) is 17.8 Å². The van der Waals surface area contributed by atoms with Gasteiger partial charge in [-0.3, -0.25) is 4.79 Å². The molecule has 26 heavy (non-hydrogen) atoms. The molecule has 2 nitrogen and oxygen atoms in total. The third-order valence-electron chi connectivity index (χ3n) is 4.58. The molecule has 0 aliphatic carbocycles. The molecule has 2 aromatic rings. The minimum atomic E-state index is -4.38. The molecule has 0 N–H and O–H groups in total. The van der Waals surface area contributed by atoms with E-state index in [2.05, 4.69) is 0 Å². The van der Waals surface area contributed by atoms with Crippen LogP contribution in [0.3, 0.4) is 0 Å². The number of carbonyl (C=O) groups excluding carboxylic acids is 1. The first-order valence-electron chi connectivity index (χ1n) is 8.56. The quantitative estimate of drug-likeness (QED) is 0.702. The van der Waals surface area contributed by atoms with Crippen LogP contribution >= 0.6 is 11.8 Å². The molecule has 2 atom stereocenters. The summed E-state index contributed by atoms with van der Waals surface area (Å²) in [6.07, 6.45) is -3.73. The fraction of sp³-hybridized carbons (Fsp3) is 0.350. The molecule has 1 fully saturated rings. The lowest BCUT2D eigenvalue weighted by Gasteiger charge is -2.28. The smallest absolute Gasteiger partial charge is 0.325 e. The van der Waals surface area contributed by atoms with Gasteiger partial charge in [-0.15, -0.1) is 11.8 Å². The van der Waals surface area contributed by atoms with Crippen molar-refractivity contribution in [1.82, 2.24) is 4.90 Å². The third-order valence-corrected chi connectivity index (χ3v) is 5.84. The van der Waals surface area contributed by atoms with E-state index in [0.29, 0.717) is 18.5 Å². The zero-order chi connectivity index (χ0) is 18.7. The number of rotatable bonds is 4. The number of benzene rings is 2. The molecule has 0 saturated carbocycles. The minimum Gasteiger partial charge on any atom is -0.325 e. The van der Waals surface area contributed by atoms with Crippen LogP contribution in [0.2, 0.25) is 0 Å². The Balaban J connectivity index is 1.87. The maximum absolute atomic E-state index is 13.1. The highest BCUT2D eigenvalue weighted by molar-refractivity contribution is 7.99. The van der Waals surface area contributed by atoms with Gasteiger partial charge in [0.05, 0.1) is 11.5 Å². The SMILES string of the molecule is CCC(C(=O)N1CCSC1c1cccc(C(F)(F)F)c1)c1ccccc1. The number of hydrogen-bond acceptors (Lipinski definition) is 2. The largest absolute Gasteiger partial charge is 0.416 e. The van der Waals surface area contributed by atoms with E-state index in [0.717, 1.165) is 23.4 Å². The molecule has 1 aliphatic rings. The van der Waals surface area contributed by atoms with Gasteiger partial charge in [-0.25, -0.2) is 0 Å². The van der Waals surface area contributed by atoms with Crippen LogP contribution in [-0.2, 0) is 11.0 Å². The van der Waals surface area contributed by atoms with Crippen molar-refractivity contribution in [1.29, 1.82) is 0 Å². The van der Waals surface area contributed by atoms with Crippen molar-refractivity contribution in [3.63, 3.8) is 0 Å². The van der Waals surface area contributed by atoms with Gasteiger partial charge in [0, 0.05) is 12.3 Å². The summed E-state index contributed by atoms with van der Waals surface area (Å²) in [4.78, 5) is 14.9. The molecule has 3 rings (SSSR count). The zero-order valence-corrected chi connectivity index (χ0v) is 15.2. The van der Waals surface area contributed by atoms with Gasteiger partial charge < -0.3 is 4.90 Å². The second-order valence-corrected chi connectivity index (χ2v) is 7.44. The Morgan fingerprint density at radius 2 is 1.92 bits per heavy atom. The Hall–Kier alpha value is -1.95. The van der Waals surface area contributed by atoms with E-state index in [1.807, 2.05) is 37.3 Å². The highest BCUT2D eigenvalue weighted by Crippen LogP contribution is 2.41. The van der Waals surface area contributed by atoms with Gasteiger partial charge in [0.2, 0.25) is 5.91 Å². The summed E-state index contributed by atoms with van der Waals surface area (Å²) < 4.78 is 39.1. The van der Waals surface area contributed by atoms with Crippen LogP contribution in [0.25, 0.3) is 0 Å². The Morgan fingerprint density at radius 3 is 2.58 bits per heavy atom. The maximum atomic E-state index is 13.1. The van der Waals surface area contributed by atoms with Crippen LogP contribution in [0.1, 0.15) is 41.3 Å². The first-order valence-corrected chi connectivity index (χ1v) is 9.61. The van der Waals surface area contributed by atoms with Crippen LogP contribution in [0.15, 0.2) is 54.6 Å². The summed E-state index contributed by atoms with van der Waals surface area (Å²) in [6, 6.07) is 14.8. The first kappa shape index (κ1) is 18.8. The molecule has 2 unspecified atom stereocenters. The number of amides is 1. The highest BCUT2D eigenvalue weighted by atomic mass is 32.2. The first-order chi connectivity index (χ1) is 12.4. The van der Waals surface area contributed by atoms with E-state index in [9.17, 15) is 18.0 Å². The van der Waals surface area contributed by atoms with Gasteiger partial charge in [0.15, 0.2) is 0 Å². The van der Waals surface area contributed by atoms with Crippen LogP contribution in [0.5, 0.6) is 0 Å². The van der Waals surface area contributed by atoms with E-state index < -0.39 is 11.7 Å². The zero-order valence-electron chi connectivity index (χ0n) is 14.4. The van der Waals surface area contributed by atoms with Gasteiger partial charge in [0.25, 0.3) is 0 Å². The number of thioether (sulfide) groups is 1. The lowest BCUT2D eigenvalue weighted by molar-refractivity contribution is -0.137. The minimum absolute atomic E-state index is 0.0221. The van der Waals surface area contributed by atoms with Crippen molar-refractivity contribution in [3.8, 4) is 0 Å². The van der Waals surface area contributed by atoms with E-state index in [-0.39, 0.29) is 17.2 Å². The molecule has 1 saturated heterocycles. The summed E-state index contributed by atoms with van der Waals surface area (Å²) in [5, 5.41) is -0.373. The average Bonchev–Trinajstić information content (AvgIpc) is 3.12. The molecule has 0 bridgehead atoms. The number of hydrogen-bond donors (Lipinski definition) is 0. The molecule has 1 amide bonds. The summed E-state index contributed by atoms with van der Waals surface area (Å²) >= 11 is 1.51. The van der Waals surface area contributed by atoms with Gasteiger partial charge >= 0.3 is 6.18 Å². The van der Waals surface area contributed by atoms with Gasteiger partial charge in [-0.05, 0) is 29.7 Å². The summed E-state index contributed by atoms with van der Waals surface area (Å²) in [7, 11) is 0. The Morgan fingerprint density at radius 1 is 1.19 bits per heavy atom. The number of carbonyl (C=O) groups is 1. The Labute approximate surface area is 155 Å². The molecule has 0 spiro atoms. The molecule has 1 heterocycles. The van der Waals surface area contributed by atoms with Crippen molar-refractivity contribution in [2.75, 3.05) is 12.3 Å². The molecule has 1 aliphatic heterocycles. The normalized spacial score (nSPS) is 18.8. The van der Waals surface area contributed by atoms with Crippen molar-refractivity contribution < 1.29 is 18.0 Å². The second kappa shape index (κ2) is 7.74. The summed E-state index contributed by atoms with van der Waals surface area (Å²) in [5.41, 5.74) is 0.795. The van der Waals surface area contributed by atoms with Crippen molar-refractivity contribution in [2.45, 2.75) is 30.8 Å². The number of nitrogens with zero attached hydrogens (tertiary/aromatic N) is 1. The summed E-state index contributed by atoms with van der Waals surface area (Å²) in [6.45, 7) is 2.51. The molecular weight excluding hydrogens is 359 g/mol. The van der Waals surface area contributed by atoms with Crippen molar-refractivity contribution in [2.24, 2.45) is 0 Å². The van der Waals surface area contributed by atoms with Crippen molar-refractivity contribution in [3.05, 3.63) is 71.3 Å². The van der Waals surface area contributed by atoms with E-state index in [1.54, 1.807) is 11.0 Å². The highest BCUT2D eigenvalue weighted by Gasteiger charge is 2.36. The van der Waals surface area contributed by atoms with E-state index in [4.69, 9.17) is 0 Å². The third kappa shape index (κ3) is 3.90. The molecule has 0 radical (unpaired) electrons. The fourth-order valence-corrected chi connectivity index (χ4v) is 4.53. The van der Waals surface area contributed by atoms with E-state index >= 15 is 0 Å². The molecule has 138 valence electrons. The topological polar surface area (TPSA) is 20.3 Å². The average molecular weight is 379 g/mol. The number of alkyl halides is 3. The lowest BCUT2D eigenvalue weighted by atomic mass is 9.94. The van der Waals surface area contributed by atoms with Crippen LogP contribution in [0, 0.1) is 0 Å². The predicted octanol–water partition coefficient (Wildman–Crippen LogP) is 5.47.